The number of unbranched alkanes of at least 4 members (excludes halogenated alkanes) is 1. The van der Waals surface area contributed by atoms with Crippen LogP contribution in [0.15, 0.2) is 18.3 Å². The van der Waals surface area contributed by atoms with Gasteiger partial charge in [0.1, 0.15) is 5.82 Å². The minimum absolute atomic E-state index is 0.146. The van der Waals surface area contributed by atoms with Crippen molar-refractivity contribution in [3.8, 4) is 0 Å². The van der Waals surface area contributed by atoms with E-state index < -0.39 is 10.0 Å². The topological polar surface area (TPSA) is 71.1 Å². The molecule has 5 nitrogen and oxygen atoms in total. The summed E-state index contributed by atoms with van der Waals surface area (Å²) in [5, 5.41) is 3.30. The highest BCUT2D eigenvalue weighted by Gasteiger charge is 2.20. The summed E-state index contributed by atoms with van der Waals surface area (Å²) in [6, 6.07) is 4.11. The number of aromatic nitrogens is 1. The lowest BCUT2D eigenvalue weighted by Gasteiger charge is -2.08. The molecule has 1 fully saturated rings. The number of hydrogen-bond acceptors (Lipinski definition) is 4. The molecule has 0 spiro atoms. The summed E-state index contributed by atoms with van der Waals surface area (Å²) in [6.07, 6.45) is 5.59. The van der Waals surface area contributed by atoms with Crippen molar-refractivity contribution in [1.29, 1.82) is 0 Å². The highest BCUT2D eigenvalue weighted by Crippen LogP contribution is 2.24. The molecule has 100 valence electrons. The van der Waals surface area contributed by atoms with Crippen molar-refractivity contribution < 1.29 is 8.42 Å². The summed E-state index contributed by atoms with van der Waals surface area (Å²) in [5.41, 5.74) is 0.939. The molecule has 0 bridgehead atoms. The van der Waals surface area contributed by atoms with Gasteiger partial charge >= 0.3 is 0 Å². The van der Waals surface area contributed by atoms with Gasteiger partial charge in [0, 0.05) is 6.04 Å². The Morgan fingerprint density at radius 1 is 1.39 bits per heavy atom. The van der Waals surface area contributed by atoms with E-state index in [1.54, 1.807) is 12.3 Å². The number of rotatable bonds is 7. The van der Waals surface area contributed by atoms with E-state index in [2.05, 4.69) is 15.0 Å². The average Bonchev–Trinajstić information content (AvgIpc) is 3.13. The van der Waals surface area contributed by atoms with E-state index in [-0.39, 0.29) is 5.75 Å². The summed E-state index contributed by atoms with van der Waals surface area (Å²) in [7, 11) is -3.25. The van der Waals surface area contributed by atoms with Gasteiger partial charge in [0.2, 0.25) is 10.0 Å². The minimum atomic E-state index is -3.25. The third-order valence-electron chi connectivity index (χ3n) is 2.74. The van der Waals surface area contributed by atoms with Crippen molar-refractivity contribution in [2.24, 2.45) is 0 Å². The van der Waals surface area contributed by atoms with Crippen molar-refractivity contribution in [2.75, 3.05) is 15.8 Å². The van der Waals surface area contributed by atoms with Crippen LogP contribution in [-0.4, -0.2) is 25.2 Å². The molecule has 6 heteroatoms. The SMILES string of the molecule is CCCCS(=O)(=O)Nc1ccc(NC2CC2)cn1. The second-order valence-corrected chi connectivity index (χ2v) is 6.47. The zero-order valence-electron chi connectivity index (χ0n) is 10.5. The largest absolute Gasteiger partial charge is 0.381 e. The first kappa shape index (κ1) is 13.1. The van der Waals surface area contributed by atoms with E-state index in [0.29, 0.717) is 18.3 Å². The fourth-order valence-electron chi connectivity index (χ4n) is 1.55. The molecule has 0 amide bonds. The Kier molecular flexibility index (Phi) is 4.06. The Bertz CT molecular complexity index is 481. The Morgan fingerprint density at radius 2 is 2.17 bits per heavy atom. The predicted octanol–water partition coefficient (Wildman–Crippen LogP) is 2.20. The van der Waals surface area contributed by atoms with Gasteiger partial charge in [-0.05, 0) is 31.4 Å². The van der Waals surface area contributed by atoms with Crippen molar-refractivity contribution in [3.63, 3.8) is 0 Å². The molecule has 1 saturated carbocycles. The summed E-state index contributed by atoms with van der Waals surface area (Å²) < 4.78 is 25.8. The van der Waals surface area contributed by atoms with Gasteiger partial charge in [-0.25, -0.2) is 13.4 Å². The van der Waals surface area contributed by atoms with Gasteiger partial charge in [-0.2, -0.15) is 0 Å². The third kappa shape index (κ3) is 4.18. The average molecular weight is 269 g/mol. The van der Waals surface area contributed by atoms with Crippen LogP contribution in [0.4, 0.5) is 11.5 Å². The monoisotopic (exact) mass is 269 g/mol. The summed E-state index contributed by atoms with van der Waals surface area (Å²) >= 11 is 0. The van der Waals surface area contributed by atoms with E-state index >= 15 is 0 Å². The van der Waals surface area contributed by atoms with Crippen molar-refractivity contribution >= 4 is 21.5 Å². The van der Waals surface area contributed by atoms with E-state index in [9.17, 15) is 8.42 Å². The molecule has 0 atom stereocenters. The number of anilines is 2. The maximum atomic E-state index is 11.7. The molecular formula is C12H19N3O2S. The molecule has 0 saturated heterocycles. The van der Waals surface area contributed by atoms with Crippen LogP contribution in [0.5, 0.6) is 0 Å². The molecule has 0 aliphatic heterocycles. The van der Waals surface area contributed by atoms with Crippen molar-refractivity contribution in [1.82, 2.24) is 4.98 Å². The van der Waals surface area contributed by atoms with Gasteiger partial charge in [0.05, 0.1) is 17.6 Å². The Hall–Kier alpha value is -1.30. The lowest BCUT2D eigenvalue weighted by molar-refractivity contribution is 0.597. The molecule has 18 heavy (non-hydrogen) atoms. The lowest BCUT2D eigenvalue weighted by Crippen LogP contribution is -2.17. The number of nitrogens with zero attached hydrogens (tertiary/aromatic N) is 1. The molecule has 0 aromatic carbocycles. The van der Waals surface area contributed by atoms with Crippen molar-refractivity contribution in [3.05, 3.63) is 18.3 Å². The maximum Gasteiger partial charge on any atom is 0.233 e. The highest BCUT2D eigenvalue weighted by atomic mass is 32.2. The van der Waals surface area contributed by atoms with Crippen molar-refractivity contribution in [2.45, 2.75) is 38.6 Å². The number of sulfonamides is 1. The Morgan fingerprint density at radius 3 is 2.72 bits per heavy atom. The van der Waals surface area contributed by atoms with Crippen LogP contribution in [0.25, 0.3) is 0 Å². The maximum absolute atomic E-state index is 11.7. The second-order valence-electron chi connectivity index (χ2n) is 4.63. The first-order chi connectivity index (χ1) is 8.59. The van der Waals surface area contributed by atoms with E-state index in [1.807, 2.05) is 13.0 Å². The molecule has 1 heterocycles. The number of pyridine rings is 1. The van der Waals surface area contributed by atoms with Gasteiger partial charge in [-0.1, -0.05) is 13.3 Å². The zero-order valence-corrected chi connectivity index (χ0v) is 11.3. The Labute approximate surface area is 108 Å². The standard InChI is InChI=1S/C12H19N3O2S/c1-2-3-8-18(16,17)15-12-7-6-11(9-13-12)14-10-4-5-10/h6-7,9-10,14H,2-5,8H2,1H3,(H,13,15). The van der Waals surface area contributed by atoms with Crippen LogP contribution >= 0.6 is 0 Å². The summed E-state index contributed by atoms with van der Waals surface area (Å²) in [4.78, 5) is 4.10. The van der Waals surface area contributed by atoms with Gasteiger partial charge in [-0.3, -0.25) is 4.72 Å². The number of nitrogens with one attached hydrogen (secondary N) is 2. The molecule has 1 aromatic heterocycles. The fourth-order valence-corrected chi connectivity index (χ4v) is 2.76. The first-order valence-corrected chi connectivity index (χ1v) is 7.97. The Balaban J connectivity index is 1.92. The van der Waals surface area contributed by atoms with Crippen LogP contribution in [0.2, 0.25) is 0 Å². The zero-order chi connectivity index (χ0) is 13.0. The molecule has 1 aliphatic rings. The third-order valence-corrected chi connectivity index (χ3v) is 4.08. The highest BCUT2D eigenvalue weighted by molar-refractivity contribution is 7.92. The molecule has 2 rings (SSSR count). The van der Waals surface area contributed by atoms with Crippen LogP contribution < -0.4 is 10.0 Å². The van der Waals surface area contributed by atoms with Crippen LogP contribution in [0.3, 0.4) is 0 Å². The lowest BCUT2D eigenvalue weighted by atomic mass is 10.4. The van der Waals surface area contributed by atoms with Crippen LogP contribution in [0, 0.1) is 0 Å². The van der Waals surface area contributed by atoms with Gasteiger partial charge in [-0.15, -0.1) is 0 Å². The van der Waals surface area contributed by atoms with E-state index in [0.717, 1.165) is 12.1 Å². The summed E-state index contributed by atoms with van der Waals surface area (Å²) in [5.74, 6) is 0.528. The minimum Gasteiger partial charge on any atom is -0.381 e. The molecule has 1 aliphatic carbocycles. The first-order valence-electron chi connectivity index (χ1n) is 6.32. The van der Waals surface area contributed by atoms with Gasteiger partial charge < -0.3 is 5.32 Å². The quantitative estimate of drug-likeness (QED) is 0.796. The van der Waals surface area contributed by atoms with E-state index in [4.69, 9.17) is 0 Å². The smallest absolute Gasteiger partial charge is 0.233 e. The molecule has 2 N–H and O–H groups in total. The normalized spacial score (nSPS) is 15.4. The molecule has 1 aromatic rings. The molecular weight excluding hydrogens is 250 g/mol. The van der Waals surface area contributed by atoms with E-state index in [1.165, 1.54) is 12.8 Å². The van der Waals surface area contributed by atoms with Gasteiger partial charge in [0.25, 0.3) is 0 Å². The number of hydrogen-bond donors (Lipinski definition) is 2. The van der Waals surface area contributed by atoms with Gasteiger partial charge in [0.15, 0.2) is 0 Å². The predicted molar refractivity (Wildman–Crippen MR) is 73.2 cm³/mol. The molecule has 0 radical (unpaired) electrons. The van der Waals surface area contributed by atoms with Crippen LogP contribution in [0.1, 0.15) is 32.6 Å². The van der Waals surface area contributed by atoms with Crippen LogP contribution in [-0.2, 0) is 10.0 Å². The second kappa shape index (κ2) is 5.56. The summed E-state index contributed by atoms with van der Waals surface area (Å²) in [6.45, 7) is 1.96. The fraction of sp³-hybridized carbons (Fsp3) is 0.583. The molecule has 0 unspecified atom stereocenters.